The van der Waals surface area contributed by atoms with Crippen LogP contribution >= 0.6 is 34.5 Å². The normalized spacial score (nSPS) is 11.2. The van der Waals surface area contributed by atoms with Crippen molar-refractivity contribution in [3.8, 4) is 0 Å². The van der Waals surface area contributed by atoms with Crippen molar-refractivity contribution in [1.29, 1.82) is 0 Å². The topological polar surface area (TPSA) is 42.0 Å². The third-order valence-corrected chi connectivity index (χ3v) is 5.69. The van der Waals surface area contributed by atoms with Crippen LogP contribution in [0.4, 0.5) is 5.69 Å². The molecule has 124 valence electrons. The van der Waals surface area contributed by atoms with E-state index in [2.05, 4.69) is 10.3 Å². The SMILES string of the molecule is Cc1ccc(NC(=O)c2cc3c(Cl)nc4ccccc4c3s2)c(Cl)c1. The van der Waals surface area contributed by atoms with Gasteiger partial charge in [0.2, 0.25) is 0 Å². The number of aryl methyl sites for hydroxylation is 1. The fourth-order valence-electron chi connectivity index (χ4n) is 2.69. The summed E-state index contributed by atoms with van der Waals surface area (Å²) in [5.74, 6) is -0.216. The Morgan fingerprint density at radius 3 is 2.68 bits per heavy atom. The molecule has 2 aromatic heterocycles. The maximum absolute atomic E-state index is 12.6. The van der Waals surface area contributed by atoms with Gasteiger partial charge in [0.05, 0.1) is 21.1 Å². The van der Waals surface area contributed by atoms with Gasteiger partial charge in [0.25, 0.3) is 5.91 Å². The number of carbonyl (C=O) groups excluding carboxylic acids is 1. The van der Waals surface area contributed by atoms with Crippen molar-refractivity contribution < 1.29 is 4.79 Å². The molecule has 2 aromatic carbocycles. The second-order valence-corrected chi connectivity index (χ2v) is 7.53. The number of hydrogen-bond donors (Lipinski definition) is 1. The van der Waals surface area contributed by atoms with Crippen molar-refractivity contribution >= 4 is 67.1 Å². The molecule has 0 spiro atoms. The predicted molar refractivity (Wildman–Crippen MR) is 106 cm³/mol. The third kappa shape index (κ3) is 2.97. The molecular formula is C19H12Cl2N2OS. The van der Waals surface area contributed by atoms with Crippen LogP contribution in [0, 0.1) is 6.92 Å². The lowest BCUT2D eigenvalue weighted by atomic mass is 10.2. The van der Waals surface area contributed by atoms with Gasteiger partial charge < -0.3 is 5.32 Å². The van der Waals surface area contributed by atoms with E-state index in [1.54, 1.807) is 12.1 Å². The van der Waals surface area contributed by atoms with Crippen LogP contribution in [-0.4, -0.2) is 10.9 Å². The van der Waals surface area contributed by atoms with Gasteiger partial charge in [0, 0.05) is 15.5 Å². The lowest BCUT2D eigenvalue weighted by Crippen LogP contribution is -2.10. The largest absolute Gasteiger partial charge is 0.320 e. The van der Waals surface area contributed by atoms with Gasteiger partial charge in [-0.1, -0.05) is 47.5 Å². The first-order valence-corrected chi connectivity index (χ1v) is 9.15. The Morgan fingerprint density at radius 1 is 1.08 bits per heavy atom. The Bertz CT molecular complexity index is 1140. The summed E-state index contributed by atoms with van der Waals surface area (Å²) in [7, 11) is 0. The number of rotatable bonds is 2. The Kier molecular flexibility index (Phi) is 4.12. The van der Waals surface area contributed by atoms with Gasteiger partial charge in [-0.3, -0.25) is 4.79 Å². The van der Waals surface area contributed by atoms with Crippen molar-refractivity contribution in [2.45, 2.75) is 6.92 Å². The zero-order chi connectivity index (χ0) is 17.6. The van der Waals surface area contributed by atoms with Crippen LogP contribution in [0.5, 0.6) is 0 Å². The summed E-state index contributed by atoms with van der Waals surface area (Å²) in [6.07, 6.45) is 0. The fraction of sp³-hybridized carbons (Fsp3) is 0.0526. The molecule has 1 amide bonds. The summed E-state index contributed by atoms with van der Waals surface area (Å²) in [5, 5.41) is 5.54. The highest BCUT2D eigenvalue weighted by molar-refractivity contribution is 7.22. The molecule has 0 unspecified atom stereocenters. The first kappa shape index (κ1) is 16.3. The Labute approximate surface area is 158 Å². The number of nitrogens with one attached hydrogen (secondary N) is 1. The van der Waals surface area contributed by atoms with Gasteiger partial charge in [-0.25, -0.2) is 4.98 Å². The Morgan fingerprint density at radius 2 is 1.88 bits per heavy atom. The van der Waals surface area contributed by atoms with Gasteiger partial charge in [-0.2, -0.15) is 0 Å². The Hall–Kier alpha value is -2.14. The predicted octanol–water partition coefficient (Wildman–Crippen LogP) is 6.32. The Balaban J connectivity index is 1.77. The average Bonchev–Trinajstić information content (AvgIpc) is 3.04. The molecule has 0 saturated carbocycles. The number of halogens is 2. The maximum atomic E-state index is 12.6. The summed E-state index contributed by atoms with van der Waals surface area (Å²) in [5.41, 5.74) is 2.44. The number of benzene rings is 2. The number of aromatic nitrogens is 1. The highest BCUT2D eigenvalue weighted by Gasteiger charge is 2.16. The number of amides is 1. The summed E-state index contributed by atoms with van der Waals surface area (Å²) in [6.45, 7) is 1.95. The van der Waals surface area contributed by atoms with Crippen LogP contribution in [-0.2, 0) is 0 Å². The van der Waals surface area contributed by atoms with E-state index in [0.717, 1.165) is 26.6 Å². The van der Waals surface area contributed by atoms with Crippen molar-refractivity contribution in [2.75, 3.05) is 5.32 Å². The second kappa shape index (κ2) is 6.30. The highest BCUT2D eigenvalue weighted by Crippen LogP contribution is 2.36. The lowest BCUT2D eigenvalue weighted by molar-refractivity contribution is 0.103. The zero-order valence-electron chi connectivity index (χ0n) is 13.1. The van der Waals surface area contributed by atoms with Gasteiger partial charge in [0.15, 0.2) is 0 Å². The molecule has 3 nitrogen and oxygen atoms in total. The molecule has 0 saturated heterocycles. The van der Waals surface area contributed by atoms with E-state index in [9.17, 15) is 4.79 Å². The number of carbonyl (C=O) groups is 1. The van der Waals surface area contributed by atoms with E-state index in [1.807, 2.05) is 43.3 Å². The quantitative estimate of drug-likeness (QED) is 0.409. The summed E-state index contributed by atoms with van der Waals surface area (Å²) >= 11 is 13.9. The number of hydrogen-bond acceptors (Lipinski definition) is 3. The first-order valence-electron chi connectivity index (χ1n) is 7.58. The summed E-state index contributed by atoms with van der Waals surface area (Å²) in [4.78, 5) is 17.6. The molecule has 2 heterocycles. The van der Waals surface area contributed by atoms with E-state index >= 15 is 0 Å². The summed E-state index contributed by atoms with van der Waals surface area (Å²) < 4.78 is 0.954. The van der Waals surface area contributed by atoms with Gasteiger partial charge >= 0.3 is 0 Å². The van der Waals surface area contributed by atoms with E-state index in [1.165, 1.54) is 11.3 Å². The molecule has 1 N–H and O–H groups in total. The molecule has 6 heteroatoms. The second-order valence-electron chi connectivity index (χ2n) is 5.71. The van der Waals surface area contributed by atoms with Crippen molar-refractivity contribution in [1.82, 2.24) is 4.98 Å². The van der Waals surface area contributed by atoms with Crippen molar-refractivity contribution in [3.05, 3.63) is 69.1 Å². The first-order chi connectivity index (χ1) is 12.0. The number of thiophene rings is 1. The van der Waals surface area contributed by atoms with Crippen LogP contribution in [0.3, 0.4) is 0 Å². The average molecular weight is 387 g/mol. The highest BCUT2D eigenvalue weighted by atomic mass is 35.5. The number of pyridine rings is 1. The number of para-hydroxylation sites is 1. The standard InChI is InChI=1S/C19H12Cl2N2OS/c1-10-6-7-15(13(20)8-10)23-19(24)16-9-12-17(25-16)11-4-2-3-5-14(11)22-18(12)21/h2-9H,1H3,(H,23,24). The van der Waals surface area contributed by atoms with Crippen molar-refractivity contribution in [3.63, 3.8) is 0 Å². The smallest absolute Gasteiger partial charge is 0.265 e. The van der Waals surface area contributed by atoms with Crippen LogP contribution in [0.1, 0.15) is 15.2 Å². The van der Waals surface area contributed by atoms with Crippen LogP contribution in [0.25, 0.3) is 21.0 Å². The third-order valence-electron chi connectivity index (χ3n) is 3.92. The maximum Gasteiger partial charge on any atom is 0.265 e. The molecule has 25 heavy (non-hydrogen) atoms. The molecule has 4 rings (SSSR count). The van der Waals surface area contributed by atoms with E-state index in [4.69, 9.17) is 23.2 Å². The number of anilines is 1. The van der Waals surface area contributed by atoms with E-state index < -0.39 is 0 Å². The lowest BCUT2D eigenvalue weighted by Gasteiger charge is -2.06. The monoisotopic (exact) mass is 386 g/mol. The minimum absolute atomic E-state index is 0.216. The van der Waals surface area contributed by atoms with Crippen LogP contribution < -0.4 is 5.32 Å². The van der Waals surface area contributed by atoms with E-state index in [-0.39, 0.29) is 5.91 Å². The number of fused-ring (bicyclic) bond motifs is 3. The van der Waals surface area contributed by atoms with Crippen LogP contribution in [0.15, 0.2) is 48.5 Å². The van der Waals surface area contributed by atoms with Gasteiger partial charge in [-0.15, -0.1) is 11.3 Å². The molecule has 0 atom stereocenters. The minimum atomic E-state index is -0.216. The van der Waals surface area contributed by atoms with Crippen LogP contribution in [0.2, 0.25) is 10.2 Å². The molecular weight excluding hydrogens is 375 g/mol. The van der Waals surface area contributed by atoms with Gasteiger partial charge in [-0.05, 0) is 36.8 Å². The summed E-state index contributed by atoms with van der Waals surface area (Å²) in [6, 6.07) is 15.0. The molecule has 0 aliphatic rings. The molecule has 0 aliphatic carbocycles. The zero-order valence-corrected chi connectivity index (χ0v) is 15.5. The van der Waals surface area contributed by atoms with Gasteiger partial charge in [0.1, 0.15) is 5.15 Å². The molecule has 0 bridgehead atoms. The fourth-order valence-corrected chi connectivity index (χ4v) is 4.36. The van der Waals surface area contributed by atoms with E-state index in [0.29, 0.717) is 20.7 Å². The molecule has 4 aromatic rings. The number of nitrogens with zero attached hydrogens (tertiary/aromatic N) is 1. The molecule has 0 aliphatic heterocycles. The molecule has 0 radical (unpaired) electrons. The van der Waals surface area contributed by atoms with Crippen molar-refractivity contribution in [2.24, 2.45) is 0 Å². The molecule has 0 fully saturated rings. The minimum Gasteiger partial charge on any atom is -0.320 e.